The molecule has 0 bridgehead atoms. The zero-order valence-corrected chi connectivity index (χ0v) is 19.0. The number of ether oxygens (including phenoxy) is 2. The Balaban J connectivity index is 2.07. The Hall–Kier alpha value is -3.38. The van der Waals surface area contributed by atoms with Gasteiger partial charge >= 0.3 is 0 Å². The van der Waals surface area contributed by atoms with Gasteiger partial charge < -0.3 is 15.2 Å². The number of methoxy groups -OCH3 is 2. The molecule has 0 aliphatic rings. The second-order valence-corrected chi connectivity index (χ2v) is 8.52. The largest absolute Gasteiger partial charge is 0.493 e. The van der Waals surface area contributed by atoms with Gasteiger partial charge in [0.25, 0.3) is 0 Å². The number of nitrogens with zero attached hydrogens (tertiary/aromatic N) is 1. The van der Waals surface area contributed by atoms with Crippen LogP contribution in [0.4, 0.5) is 5.69 Å². The van der Waals surface area contributed by atoms with Crippen LogP contribution in [0.2, 0.25) is 0 Å². The van der Waals surface area contributed by atoms with Crippen molar-refractivity contribution in [3.63, 3.8) is 0 Å². The fourth-order valence-corrected chi connectivity index (χ4v) is 4.78. The first-order valence-electron chi connectivity index (χ1n) is 9.88. The van der Waals surface area contributed by atoms with E-state index in [1.165, 1.54) is 18.3 Å². The quantitative estimate of drug-likeness (QED) is 0.389. The molecule has 5 nitrogen and oxygen atoms in total. The second kappa shape index (κ2) is 8.04. The summed E-state index contributed by atoms with van der Waals surface area (Å²) >= 11 is 1.34. The Labute approximate surface area is 185 Å². The summed E-state index contributed by atoms with van der Waals surface area (Å²) in [6, 6.07) is 14.1. The summed E-state index contributed by atoms with van der Waals surface area (Å²) in [6.45, 7) is 5.66. The number of benzene rings is 2. The third kappa shape index (κ3) is 3.64. The maximum Gasteiger partial charge on any atom is 0.171 e. The van der Waals surface area contributed by atoms with Crippen LogP contribution in [-0.2, 0) is 0 Å². The summed E-state index contributed by atoms with van der Waals surface area (Å²) in [7, 11) is 3.22. The van der Waals surface area contributed by atoms with Crippen LogP contribution in [0.15, 0.2) is 42.5 Å². The van der Waals surface area contributed by atoms with Gasteiger partial charge in [0.2, 0.25) is 0 Å². The van der Waals surface area contributed by atoms with Crippen molar-refractivity contribution in [1.82, 2.24) is 4.98 Å². The Morgan fingerprint density at radius 3 is 2.39 bits per heavy atom. The van der Waals surface area contributed by atoms with E-state index in [1.807, 2.05) is 24.3 Å². The zero-order chi connectivity index (χ0) is 22.3. The van der Waals surface area contributed by atoms with Gasteiger partial charge in [-0.1, -0.05) is 23.8 Å². The number of carbonyl (C=O) groups is 1. The number of rotatable bonds is 5. The SMILES string of the molecule is COc1ccc(-c2cc(-c3cc(C)ccc3C)nc3sc(C(C)=O)c(N)c23)cc1OC. The lowest BCUT2D eigenvalue weighted by atomic mass is 9.96. The first-order chi connectivity index (χ1) is 14.8. The molecule has 158 valence electrons. The van der Waals surface area contributed by atoms with Crippen LogP contribution in [0.5, 0.6) is 11.5 Å². The molecule has 0 atom stereocenters. The number of hydrogen-bond acceptors (Lipinski definition) is 6. The molecule has 0 radical (unpaired) electrons. The maximum atomic E-state index is 12.2. The molecule has 0 spiro atoms. The standard InChI is InChI=1S/C25H24N2O3S/c1-13-6-7-14(2)17(10-13)19-12-18(16-8-9-20(29-4)21(11-16)30-5)22-23(26)24(15(3)28)31-25(22)27-19/h6-12H,26H2,1-5H3. The van der Waals surface area contributed by atoms with Crippen molar-refractivity contribution in [3.05, 3.63) is 58.5 Å². The number of nitrogens with two attached hydrogens (primary N) is 1. The van der Waals surface area contributed by atoms with Crippen molar-refractivity contribution in [2.45, 2.75) is 20.8 Å². The van der Waals surface area contributed by atoms with Crippen LogP contribution >= 0.6 is 11.3 Å². The molecule has 2 heterocycles. The number of aromatic nitrogens is 1. The molecule has 4 aromatic rings. The molecule has 2 aromatic carbocycles. The van der Waals surface area contributed by atoms with Crippen molar-refractivity contribution < 1.29 is 14.3 Å². The van der Waals surface area contributed by atoms with Gasteiger partial charge in [-0.3, -0.25) is 4.79 Å². The van der Waals surface area contributed by atoms with Crippen molar-refractivity contribution in [2.24, 2.45) is 0 Å². The van der Waals surface area contributed by atoms with E-state index >= 15 is 0 Å². The van der Waals surface area contributed by atoms with Gasteiger partial charge in [-0.05, 0) is 54.8 Å². The first kappa shape index (κ1) is 20.9. The predicted molar refractivity (Wildman–Crippen MR) is 127 cm³/mol. The lowest BCUT2D eigenvalue weighted by Gasteiger charge is -2.13. The van der Waals surface area contributed by atoms with E-state index < -0.39 is 0 Å². The van der Waals surface area contributed by atoms with Gasteiger partial charge in [0.1, 0.15) is 4.83 Å². The average molecular weight is 433 g/mol. The second-order valence-electron chi connectivity index (χ2n) is 7.52. The highest BCUT2D eigenvalue weighted by Crippen LogP contribution is 2.43. The highest BCUT2D eigenvalue weighted by molar-refractivity contribution is 7.21. The van der Waals surface area contributed by atoms with Gasteiger partial charge in [0, 0.05) is 17.9 Å². The number of ketones is 1. The normalized spacial score (nSPS) is 11.0. The zero-order valence-electron chi connectivity index (χ0n) is 18.2. The molecular formula is C25H24N2O3S. The van der Waals surface area contributed by atoms with Crippen LogP contribution in [-0.4, -0.2) is 25.0 Å². The first-order valence-corrected chi connectivity index (χ1v) is 10.7. The van der Waals surface area contributed by atoms with Crippen LogP contribution < -0.4 is 15.2 Å². The van der Waals surface area contributed by atoms with E-state index in [9.17, 15) is 4.79 Å². The number of Topliss-reactive ketones (excluding diaryl/α,β-unsaturated/α-hetero) is 1. The molecule has 4 rings (SSSR count). The van der Waals surface area contributed by atoms with Gasteiger partial charge in [-0.25, -0.2) is 4.98 Å². The maximum absolute atomic E-state index is 12.2. The predicted octanol–water partition coefficient (Wildman–Crippen LogP) is 6.05. The monoisotopic (exact) mass is 432 g/mol. The Kier molecular flexibility index (Phi) is 5.41. The Bertz CT molecular complexity index is 1320. The van der Waals surface area contributed by atoms with E-state index in [0.29, 0.717) is 22.1 Å². The average Bonchev–Trinajstić information content (AvgIpc) is 3.11. The third-order valence-electron chi connectivity index (χ3n) is 5.38. The molecule has 0 saturated carbocycles. The molecule has 0 amide bonds. The fourth-order valence-electron chi connectivity index (χ4n) is 3.76. The molecule has 0 aliphatic heterocycles. The lowest BCUT2D eigenvalue weighted by molar-refractivity contribution is 0.102. The van der Waals surface area contributed by atoms with Crippen molar-refractivity contribution in [3.8, 4) is 33.9 Å². The van der Waals surface area contributed by atoms with Crippen LogP contribution in [0.3, 0.4) is 0 Å². The van der Waals surface area contributed by atoms with Gasteiger partial charge in [-0.2, -0.15) is 0 Å². The third-order valence-corrected chi connectivity index (χ3v) is 6.58. The Morgan fingerprint density at radius 1 is 0.968 bits per heavy atom. The summed E-state index contributed by atoms with van der Waals surface area (Å²) in [6.07, 6.45) is 0. The minimum Gasteiger partial charge on any atom is -0.493 e. The van der Waals surface area contributed by atoms with Crippen molar-refractivity contribution in [2.75, 3.05) is 20.0 Å². The minimum atomic E-state index is -0.0629. The van der Waals surface area contributed by atoms with Crippen molar-refractivity contribution >= 4 is 33.0 Å². The number of hydrogen-bond donors (Lipinski definition) is 1. The van der Waals surface area contributed by atoms with E-state index in [4.69, 9.17) is 20.2 Å². The van der Waals surface area contributed by atoms with E-state index in [1.54, 1.807) is 14.2 Å². The minimum absolute atomic E-state index is 0.0629. The summed E-state index contributed by atoms with van der Waals surface area (Å²) in [5.41, 5.74) is 12.9. The summed E-state index contributed by atoms with van der Waals surface area (Å²) in [4.78, 5) is 18.4. The summed E-state index contributed by atoms with van der Waals surface area (Å²) < 4.78 is 10.9. The molecule has 0 aliphatic carbocycles. The van der Waals surface area contributed by atoms with E-state index in [2.05, 4.69) is 32.0 Å². The Morgan fingerprint density at radius 2 is 1.71 bits per heavy atom. The molecule has 0 unspecified atom stereocenters. The summed E-state index contributed by atoms with van der Waals surface area (Å²) in [5, 5.41) is 0.788. The number of pyridine rings is 1. The molecule has 2 aromatic heterocycles. The number of anilines is 1. The number of carbonyl (C=O) groups excluding carboxylic acids is 1. The van der Waals surface area contributed by atoms with E-state index in [-0.39, 0.29) is 5.78 Å². The van der Waals surface area contributed by atoms with Gasteiger partial charge in [0.05, 0.1) is 30.5 Å². The fraction of sp³-hybridized carbons (Fsp3) is 0.200. The number of aryl methyl sites for hydroxylation is 2. The van der Waals surface area contributed by atoms with Crippen LogP contribution in [0.1, 0.15) is 27.7 Å². The molecule has 31 heavy (non-hydrogen) atoms. The molecule has 2 N–H and O–H groups in total. The smallest absolute Gasteiger partial charge is 0.171 e. The van der Waals surface area contributed by atoms with Crippen LogP contribution in [0.25, 0.3) is 32.6 Å². The molecule has 6 heteroatoms. The van der Waals surface area contributed by atoms with Gasteiger partial charge in [-0.15, -0.1) is 11.3 Å². The highest BCUT2D eigenvalue weighted by atomic mass is 32.1. The molecule has 0 fully saturated rings. The number of fused-ring (bicyclic) bond motifs is 1. The molecular weight excluding hydrogens is 408 g/mol. The molecule has 0 saturated heterocycles. The summed E-state index contributed by atoms with van der Waals surface area (Å²) in [5.74, 6) is 1.21. The van der Waals surface area contributed by atoms with Crippen molar-refractivity contribution in [1.29, 1.82) is 0 Å². The lowest BCUT2D eigenvalue weighted by Crippen LogP contribution is -1.96. The topological polar surface area (TPSA) is 74.4 Å². The van der Waals surface area contributed by atoms with Crippen LogP contribution in [0, 0.1) is 13.8 Å². The number of thiophene rings is 1. The van der Waals surface area contributed by atoms with Gasteiger partial charge in [0.15, 0.2) is 17.3 Å². The van der Waals surface area contributed by atoms with E-state index in [0.717, 1.165) is 43.7 Å². The number of nitrogen functional groups attached to an aromatic ring is 1. The highest BCUT2D eigenvalue weighted by Gasteiger charge is 2.21.